The molecule has 2 aromatic rings. The fourth-order valence-electron chi connectivity index (χ4n) is 4.04. The van der Waals surface area contributed by atoms with Gasteiger partial charge in [-0.2, -0.15) is 0 Å². The molecule has 1 atom stereocenters. The highest BCUT2D eigenvalue weighted by Crippen LogP contribution is 2.28. The summed E-state index contributed by atoms with van der Waals surface area (Å²) in [4.78, 5) is 14.8. The number of thiophene rings is 2. The summed E-state index contributed by atoms with van der Waals surface area (Å²) in [5.41, 5.74) is 0. The average Bonchev–Trinajstić information content (AvgIpc) is 3.44. The van der Waals surface area contributed by atoms with Crippen LogP contribution >= 0.6 is 46.7 Å². The van der Waals surface area contributed by atoms with Crippen molar-refractivity contribution in [3.05, 3.63) is 39.4 Å². The number of hydrogen-bond donors (Lipinski definition) is 1. The van der Waals surface area contributed by atoms with Gasteiger partial charge >= 0.3 is 0 Å². The SMILES string of the molecule is CN=C(NCC(c1ccc(C)s1)N1CCOCC1)N1CCN(c2cccs2)CC1.I. The summed E-state index contributed by atoms with van der Waals surface area (Å²) in [5.74, 6) is 1.02. The van der Waals surface area contributed by atoms with E-state index >= 15 is 0 Å². The number of ether oxygens (including phenoxy) is 1. The molecule has 0 aliphatic carbocycles. The molecule has 6 nitrogen and oxygen atoms in total. The minimum atomic E-state index is 0. The van der Waals surface area contributed by atoms with E-state index in [1.807, 2.05) is 29.7 Å². The summed E-state index contributed by atoms with van der Waals surface area (Å²) >= 11 is 3.72. The predicted molar refractivity (Wildman–Crippen MR) is 139 cm³/mol. The van der Waals surface area contributed by atoms with Crippen LogP contribution in [0.5, 0.6) is 0 Å². The van der Waals surface area contributed by atoms with E-state index in [4.69, 9.17) is 4.74 Å². The first-order chi connectivity index (χ1) is 14.2. The van der Waals surface area contributed by atoms with Crippen molar-refractivity contribution in [1.29, 1.82) is 0 Å². The number of nitrogens with zero attached hydrogens (tertiary/aromatic N) is 4. The first kappa shape index (κ1) is 23.8. The van der Waals surface area contributed by atoms with Crippen molar-refractivity contribution in [2.24, 2.45) is 4.99 Å². The molecule has 2 saturated heterocycles. The van der Waals surface area contributed by atoms with Gasteiger partial charge in [-0.25, -0.2) is 0 Å². The number of aryl methyl sites for hydroxylation is 1. The van der Waals surface area contributed by atoms with Crippen LogP contribution in [0.2, 0.25) is 0 Å². The minimum Gasteiger partial charge on any atom is -0.379 e. The third-order valence-electron chi connectivity index (χ3n) is 5.64. The molecular formula is C21H32IN5OS2. The Hall–Kier alpha value is -0.880. The summed E-state index contributed by atoms with van der Waals surface area (Å²) in [7, 11) is 1.90. The van der Waals surface area contributed by atoms with Crippen LogP contribution in [0, 0.1) is 6.92 Å². The van der Waals surface area contributed by atoms with Crippen molar-refractivity contribution in [2.75, 3.05) is 71.0 Å². The second kappa shape index (κ2) is 11.7. The lowest BCUT2D eigenvalue weighted by Crippen LogP contribution is -2.53. The highest BCUT2D eigenvalue weighted by Gasteiger charge is 2.26. The zero-order chi connectivity index (χ0) is 20.1. The smallest absolute Gasteiger partial charge is 0.193 e. The summed E-state index contributed by atoms with van der Waals surface area (Å²) in [6.45, 7) is 10.7. The van der Waals surface area contributed by atoms with Gasteiger partial charge in [-0.1, -0.05) is 0 Å². The van der Waals surface area contributed by atoms with Crippen LogP contribution in [0.1, 0.15) is 15.8 Å². The fourth-order valence-corrected chi connectivity index (χ4v) is 5.84. The molecule has 0 spiro atoms. The van der Waals surface area contributed by atoms with E-state index in [1.54, 1.807) is 0 Å². The summed E-state index contributed by atoms with van der Waals surface area (Å²) < 4.78 is 5.58. The van der Waals surface area contributed by atoms with E-state index < -0.39 is 0 Å². The first-order valence-corrected chi connectivity index (χ1v) is 12.1. The lowest BCUT2D eigenvalue weighted by atomic mass is 10.2. The van der Waals surface area contributed by atoms with Gasteiger partial charge in [0.05, 0.1) is 24.3 Å². The molecule has 0 saturated carbocycles. The van der Waals surface area contributed by atoms with Crippen molar-refractivity contribution < 1.29 is 4.74 Å². The van der Waals surface area contributed by atoms with Crippen LogP contribution in [0.15, 0.2) is 34.6 Å². The van der Waals surface area contributed by atoms with Crippen LogP contribution in [0.25, 0.3) is 0 Å². The van der Waals surface area contributed by atoms with Gasteiger partial charge in [0, 0.05) is 62.6 Å². The molecule has 1 N–H and O–H groups in total. The summed E-state index contributed by atoms with van der Waals surface area (Å²) in [6, 6.07) is 9.21. The van der Waals surface area contributed by atoms with E-state index in [-0.39, 0.29) is 24.0 Å². The molecule has 2 aliphatic heterocycles. The quantitative estimate of drug-likeness (QED) is 0.344. The first-order valence-electron chi connectivity index (χ1n) is 10.4. The van der Waals surface area contributed by atoms with Crippen LogP contribution < -0.4 is 10.2 Å². The number of halogens is 1. The molecule has 9 heteroatoms. The molecular weight excluding hydrogens is 529 g/mol. The second-order valence-corrected chi connectivity index (χ2v) is 9.71. The van der Waals surface area contributed by atoms with Crippen molar-refractivity contribution in [1.82, 2.24) is 15.1 Å². The van der Waals surface area contributed by atoms with E-state index in [0.29, 0.717) is 6.04 Å². The number of aliphatic imine (C=N–C) groups is 1. The number of piperazine rings is 1. The lowest BCUT2D eigenvalue weighted by molar-refractivity contribution is 0.0176. The third-order valence-corrected chi connectivity index (χ3v) is 7.67. The zero-order valence-corrected chi connectivity index (χ0v) is 21.7. The summed E-state index contributed by atoms with van der Waals surface area (Å²) in [6.07, 6.45) is 0. The van der Waals surface area contributed by atoms with E-state index in [2.05, 4.69) is 61.6 Å². The van der Waals surface area contributed by atoms with Crippen molar-refractivity contribution in [2.45, 2.75) is 13.0 Å². The molecule has 2 aliphatic rings. The van der Waals surface area contributed by atoms with Gasteiger partial charge in [-0.05, 0) is 36.6 Å². The number of guanidine groups is 1. The van der Waals surface area contributed by atoms with Gasteiger partial charge < -0.3 is 19.9 Å². The summed E-state index contributed by atoms with van der Waals surface area (Å²) in [5, 5.41) is 7.20. The van der Waals surface area contributed by atoms with E-state index in [0.717, 1.165) is 65.0 Å². The maximum Gasteiger partial charge on any atom is 0.193 e. The monoisotopic (exact) mass is 561 g/mol. The van der Waals surface area contributed by atoms with Gasteiger partial charge in [-0.3, -0.25) is 9.89 Å². The maximum atomic E-state index is 5.58. The zero-order valence-electron chi connectivity index (χ0n) is 17.7. The molecule has 4 heterocycles. The topological polar surface area (TPSA) is 43.3 Å². The van der Waals surface area contributed by atoms with Gasteiger partial charge in [-0.15, -0.1) is 46.7 Å². The van der Waals surface area contributed by atoms with Gasteiger partial charge in [0.1, 0.15) is 0 Å². The minimum absolute atomic E-state index is 0. The molecule has 0 aromatic carbocycles. The molecule has 0 amide bonds. The van der Waals surface area contributed by atoms with Crippen LogP contribution in [0.4, 0.5) is 5.00 Å². The van der Waals surface area contributed by atoms with Gasteiger partial charge in [0.2, 0.25) is 0 Å². The Labute approximate surface area is 204 Å². The third kappa shape index (κ3) is 5.87. The normalized spacial score (nSPS) is 19.5. The van der Waals surface area contributed by atoms with E-state index in [1.165, 1.54) is 14.8 Å². The number of hydrogen-bond acceptors (Lipinski definition) is 6. The molecule has 0 bridgehead atoms. The van der Waals surface area contributed by atoms with E-state index in [9.17, 15) is 0 Å². The Bertz CT molecular complexity index is 783. The molecule has 1 unspecified atom stereocenters. The number of morpholine rings is 1. The Kier molecular flexibility index (Phi) is 9.24. The van der Waals surface area contributed by atoms with Crippen molar-refractivity contribution in [3.8, 4) is 0 Å². The Morgan fingerprint density at radius 2 is 1.90 bits per heavy atom. The fraction of sp³-hybridized carbons (Fsp3) is 0.571. The van der Waals surface area contributed by atoms with Crippen LogP contribution in [0.3, 0.4) is 0 Å². The molecule has 2 fully saturated rings. The molecule has 30 heavy (non-hydrogen) atoms. The predicted octanol–water partition coefficient (Wildman–Crippen LogP) is 3.51. The number of rotatable bonds is 5. The van der Waals surface area contributed by atoms with Crippen LogP contribution in [-0.4, -0.2) is 81.8 Å². The standard InChI is InChI=1S/C21H31N5OS2.HI/c1-17-5-6-19(29-17)18(24-11-13-27-14-12-24)16-23-21(22-2)26-9-7-25(8-10-26)20-4-3-15-28-20;/h3-6,15,18H,7-14,16H2,1-2H3,(H,22,23);1H. The van der Waals surface area contributed by atoms with Gasteiger partial charge in [0.25, 0.3) is 0 Å². The average molecular weight is 562 g/mol. The Balaban J connectivity index is 0.00000256. The molecule has 4 rings (SSSR count). The second-order valence-electron chi connectivity index (χ2n) is 7.47. The Morgan fingerprint density at radius 3 is 2.50 bits per heavy atom. The van der Waals surface area contributed by atoms with Crippen molar-refractivity contribution in [3.63, 3.8) is 0 Å². The molecule has 2 aromatic heterocycles. The Morgan fingerprint density at radius 1 is 1.13 bits per heavy atom. The number of nitrogens with one attached hydrogen (secondary N) is 1. The molecule has 0 radical (unpaired) electrons. The highest BCUT2D eigenvalue weighted by atomic mass is 127. The van der Waals surface area contributed by atoms with Crippen LogP contribution in [-0.2, 0) is 4.74 Å². The lowest BCUT2D eigenvalue weighted by Gasteiger charge is -2.38. The maximum absolute atomic E-state index is 5.58. The highest BCUT2D eigenvalue weighted by molar-refractivity contribution is 14.0. The van der Waals surface area contributed by atoms with Crippen molar-refractivity contribution >= 4 is 57.6 Å². The largest absolute Gasteiger partial charge is 0.379 e. The molecule has 166 valence electrons. The van der Waals surface area contributed by atoms with Gasteiger partial charge in [0.15, 0.2) is 5.96 Å². The number of anilines is 1.